The molecule has 240 valence electrons. The molecule has 0 radical (unpaired) electrons. The van der Waals surface area contributed by atoms with E-state index in [1.54, 1.807) is 13.1 Å². The Hall–Kier alpha value is -4.26. The number of benzene rings is 1. The summed E-state index contributed by atoms with van der Waals surface area (Å²) in [4.78, 5) is 24.6. The third kappa shape index (κ3) is 6.12. The topological polar surface area (TPSA) is 89.7 Å². The second kappa shape index (κ2) is 12.5. The molecule has 1 saturated heterocycles. The van der Waals surface area contributed by atoms with Crippen molar-refractivity contribution >= 4 is 17.0 Å². The van der Waals surface area contributed by atoms with Gasteiger partial charge in [-0.1, -0.05) is 5.92 Å². The molecule has 0 spiro atoms. The van der Waals surface area contributed by atoms with Gasteiger partial charge in [-0.15, -0.1) is 0 Å². The number of carboxylic acids is 1. The number of aliphatic carboxylic acids is 1. The van der Waals surface area contributed by atoms with Crippen LogP contribution < -0.4 is 4.74 Å². The van der Waals surface area contributed by atoms with Crippen LogP contribution in [0, 0.1) is 31.5 Å². The maximum absolute atomic E-state index is 15.7. The average Bonchev–Trinajstić information content (AvgIpc) is 3.65. The predicted octanol–water partition coefficient (Wildman–Crippen LogP) is 6.77. The minimum absolute atomic E-state index is 0.278. The molecule has 3 aromatic heterocycles. The van der Waals surface area contributed by atoms with Gasteiger partial charge in [-0.2, -0.15) is 0 Å². The molecular formula is C37H41FN4O4. The Morgan fingerprint density at radius 3 is 2.65 bits per heavy atom. The second-order valence-corrected chi connectivity index (χ2v) is 13.3. The number of nitrogens with zero attached hydrogens (tertiary/aromatic N) is 4. The number of ether oxygens (including phenoxy) is 2. The molecule has 46 heavy (non-hydrogen) atoms. The van der Waals surface area contributed by atoms with Gasteiger partial charge in [-0.25, -0.2) is 19.2 Å². The highest BCUT2D eigenvalue weighted by atomic mass is 19.1. The van der Waals surface area contributed by atoms with E-state index in [0.717, 1.165) is 48.4 Å². The molecule has 1 fully saturated rings. The Labute approximate surface area is 269 Å². The van der Waals surface area contributed by atoms with E-state index in [1.807, 2.05) is 57.5 Å². The zero-order valence-electron chi connectivity index (χ0n) is 27.5. The van der Waals surface area contributed by atoms with Crippen LogP contribution in [-0.2, 0) is 23.0 Å². The number of aromatic nitrogens is 3. The van der Waals surface area contributed by atoms with Gasteiger partial charge in [0.25, 0.3) is 0 Å². The Kier molecular flexibility index (Phi) is 8.62. The van der Waals surface area contributed by atoms with Gasteiger partial charge in [0.2, 0.25) is 0 Å². The van der Waals surface area contributed by atoms with Gasteiger partial charge in [0, 0.05) is 46.6 Å². The summed E-state index contributed by atoms with van der Waals surface area (Å²) in [6, 6.07) is 7.36. The molecule has 5 heterocycles. The standard InChI is InChI=1S/C37H41FN4O4/c1-22-26-12-10-18-45-33(26)29(38)20-27(22)32-28-21-30(24-13-14-39-25(19-24)11-9-17-42-15-7-8-16-42)41(6)35(28)40-23(2)31(32)34(36(43)44)46-37(3,4)5/h13-14,19-21,34H,7-8,10,12,15-18H2,1-6H3,(H,43,44)/t34-/m0/s1. The van der Waals surface area contributed by atoms with Crippen molar-refractivity contribution in [3.8, 4) is 40.0 Å². The predicted molar refractivity (Wildman–Crippen MR) is 176 cm³/mol. The van der Waals surface area contributed by atoms with Crippen LogP contribution in [0.4, 0.5) is 4.39 Å². The summed E-state index contributed by atoms with van der Waals surface area (Å²) in [5.41, 5.74) is 6.09. The van der Waals surface area contributed by atoms with Gasteiger partial charge in [0.15, 0.2) is 17.7 Å². The monoisotopic (exact) mass is 624 g/mol. The van der Waals surface area contributed by atoms with Gasteiger partial charge < -0.3 is 19.1 Å². The molecule has 0 saturated carbocycles. The Morgan fingerprint density at radius 2 is 1.93 bits per heavy atom. The highest BCUT2D eigenvalue weighted by Gasteiger charge is 2.34. The molecule has 8 nitrogen and oxygen atoms in total. The highest BCUT2D eigenvalue weighted by molar-refractivity contribution is 6.01. The normalized spacial score (nSPS) is 15.7. The zero-order valence-corrected chi connectivity index (χ0v) is 27.5. The van der Waals surface area contributed by atoms with E-state index in [1.165, 1.54) is 18.9 Å². The number of likely N-dealkylation sites (tertiary alicyclic amines) is 1. The van der Waals surface area contributed by atoms with Gasteiger partial charge >= 0.3 is 5.97 Å². The van der Waals surface area contributed by atoms with E-state index in [9.17, 15) is 9.90 Å². The molecule has 0 bridgehead atoms. The van der Waals surface area contributed by atoms with Crippen molar-refractivity contribution in [2.75, 3.05) is 26.2 Å². The molecule has 1 aromatic carbocycles. The van der Waals surface area contributed by atoms with Gasteiger partial charge in [0.05, 0.1) is 24.4 Å². The van der Waals surface area contributed by atoms with E-state index in [4.69, 9.17) is 14.5 Å². The molecule has 0 unspecified atom stereocenters. The van der Waals surface area contributed by atoms with E-state index >= 15 is 4.39 Å². The molecule has 0 aliphatic carbocycles. The summed E-state index contributed by atoms with van der Waals surface area (Å²) in [6.45, 7) is 12.6. The van der Waals surface area contributed by atoms with Crippen LogP contribution in [0.3, 0.4) is 0 Å². The van der Waals surface area contributed by atoms with Gasteiger partial charge in [0.1, 0.15) is 11.3 Å². The van der Waals surface area contributed by atoms with Crippen LogP contribution in [0.2, 0.25) is 0 Å². The first kappa shape index (κ1) is 31.7. The number of hydrogen-bond donors (Lipinski definition) is 1. The summed E-state index contributed by atoms with van der Waals surface area (Å²) in [7, 11) is 1.93. The van der Waals surface area contributed by atoms with Crippen molar-refractivity contribution < 1.29 is 23.8 Å². The number of fused-ring (bicyclic) bond motifs is 2. The Bertz CT molecular complexity index is 1890. The van der Waals surface area contributed by atoms with Crippen LogP contribution in [0.15, 0.2) is 30.5 Å². The van der Waals surface area contributed by atoms with E-state index < -0.39 is 23.5 Å². The number of pyridine rings is 2. The van der Waals surface area contributed by atoms with Crippen molar-refractivity contribution in [2.45, 2.75) is 72.0 Å². The fraction of sp³-hybridized carbons (Fsp3) is 0.432. The first-order valence-corrected chi connectivity index (χ1v) is 16.0. The number of rotatable bonds is 6. The summed E-state index contributed by atoms with van der Waals surface area (Å²) < 4.78 is 29.6. The van der Waals surface area contributed by atoms with Gasteiger partial charge in [-0.05, 0) is 115 Å². The number of hydrogen-bond acceptors (Lipinski definition) is 6. The van der Waals surface area contributed by atoms with Crippen LogP contribution in [0.25, 0.3) is 33.4 Å². The van der Waals surface area contributed by atoms with Crippen molar-refractivity contribution in [3.05, 3.63) is 64.4 Å². The fourth-order valence-electron chi connectivity index (χ4n) is 6.69. The smallest absolute Gasteiger partial charge is 0.337 e. The molecule has 6 rings (SSSR count). The number of halogens is 1. The molecule has 1 N–H and O–H groups in total. The summed E-state index contributed by atoms with van der Waals surface area (Å²) in [5.74, 6) is 5.16. The summed E-state index contributed by atoms with van der Waals surface area (Å²) >= 11 is 0. The largest absolute Gasteiger partial charge is 0.490 e. The van der Waals surface area contributed by atoms with Crippen LogP contribution in [-0.4, -0.2) is 62.4 Å². The maximum Gasteiger partial charge on any atom is 0.337 e. The molecule has 4 aromatic rings. The first-order valence-electron chi connectivity index (χ1n) is 16.0. The van der Waals surface area contributed by atoms with E-state index in [0.29, 0.717) is 52.1 Å². The number of carboxylic acid groups (broad SMARTS) is 1. The molecule has 2 aliphatic heterocycles. The molecule has 2 aliphatic rings. The van der Waals surface area contributed by atoms with E-state index in [2.05, 4.69) is 21.7 Å². The van der Waals surface area contributed by atoms with Crippen LogP contribution in [0.1, 0.15) is 74.2 Å². The lowest BCUT2D eigenvalue weighted by molar-refractivity contribution is -0.160. The third-order valence-electron chi connectivity index (χ3n) is 8.84. The Morgan fingerprint density at radius 1 is 1.17 bits per heavy atom. The number of aryl methyl sites for hydroxylation is 2. The van der Waals surface area contributed by atoms with E-state index in [-0.39, 0.29) is 5.75 Å². The first-order chi connectivity index (χ1) is 21.9. The van der Waals surface area contributed by atoms with Crippen molar-refractivity contribution in [1.82, 2.24) is 19.4 Å². The molecule has 1 atom stereocenters. The fourth-order valence-corrected chi connectivity index (χ4v) is 6.69. The molecule has 0 amide bonds. The average molecular weight is 625 g/mol. The minimum Gasteiger partial charge on any atom is -0.490 e. The SMILES string of the molecule is Cc1nc2c(cc(-c3ccnc(C#CCN4CCCC4)c3)n2C)c(-c2cc(F)c3c(c2C)CCCO3)c1[C@H](OC(C)(C)C)C(=O)O. The van der Waals surface area contributed by atoms with Crippen molar-refractivity contribution in [3.63, 3.8) is 0 Å². The van der Waals surface area contributed by atoms with Crippen LogP contribution >= 0.6 is 0 Å². The molecule has 9 heteroatoms. The summed E-state index contributed by atoms with van der Waals surface area (Å²) in [6.07, 6.45) is 4.30. The Balaban J connectivity index is 1.57. The minimum atomic E-state index is -1.33. The number of carbonyl (C=O) groups is 1. The lowest BCUT2D eigenvalue weighted by Gasteiger charge is -2.29. The van der Waals surface area contributed by atoms with Gasteiger partial charge in [-0.3, -0.25) is 4.90 Å². The van der Waals surface area contributed by atoms with Crippen molar-refractivity contribution in [1.29, 1.82) is 0 Å². The highest BCUT2D eigenvalue weighted by Crippen LogP contribution is 2.45. The lowest BCUT2D eigenvalue weighted by atomic mass is 9.86. The maximum atomic E-state index is 15.7. The van der Waals surface area contributed by atoms with Crippen LogP contribution in [0.5, 0.6) is 5.75 Å². The van der Waals surface area contributed by atoms with Crippen molar-refractivity contribution in [2.24, 2.45) is 7.05 Å². The summed E-state index contributed by atoms with van der Waals surface area (Å²) in [5, 5.41) is 11.2. The lowest BCUT2D eigenvalue weighted by Crippen LogP contribution is -2.28. The zero-order chi connectivity index (χ0) is 32.7. The quantitative estimate of drug-likeness (QED) is 0.237. The molecular weight excluding hydrogens is 583 g/mol. The second-order valence-electron chi connectivity index (χ2n) is 13.3. The third-order valence-corrected chi connectivity index (χ3v) is 8.84.